The van der Waals surface area contributed by atoms with Crippen molar-refractivity contribution in [3.63, 3.8) is 0 Å². The molecule has 0 aliphatic carbocycles. The second-order valence-electron chi connectivity index (χ2n) is 4.04. The molecule has 0 amide bonds. The lowest BCUT2D eigenvalue weighted by Crippen LogP contribution is -2.51. The zero-order valence-corrected chi connectivity index (χ0v) is 10.4. The normalized spacial score (nSPS) is 13.6. The average Bonchev–Trinajstić information content (AvgIpc) is 2.40. The molecule has 0 unspecified atom stereocenters. The van der Waals surface area contributed by atoms with E-state index in [-0.39, 0.29) is 11.0 Å². The van der Waals surface area contributed by atoms with Crippen LogP contribution in [0.25, 0.3) is 0 Å². The van der Waals surface area contributed by atoms with Crippen LogP contribution in [0.1, 0.15) is 5.56 Å². The maximum Gasteiger partial charge on any atom is 0.474 e. The fraction of sp³-hybridized carbons (Fsp3) is 0. The molecule has 2 aromatic rings. The molecular formula is C12H8BClFN3O. The fourth-order valence-electron chi connectivity index (χ4n) is 1.94. The molecule has 2 heterocycles. The zero-order chi connectivity index (χ0) is 13.4. The van der Waals surface area contributed by atoms with E-state index in [4.69, 9.17) is 11.6 Å². The molecule has 0 atom stereocenters. The van der Waals surface area contributed by atoms with Crippen molar-refractivity contribution in [1.82, 2.24) is 4.98 Å². The van der Waals surface area contributed by atoms with Crippen molar-refractivity contribution in [2.45, 2.75) is 0 Å². The summed E-state index contributed by atoms with van der Waals surface area (Å²) in [7, 11) is -1.05. The highest BCUT2D eigenvalue weighted by molar-refractivity contribution is 6.74. The summed E-state index contributed by atoms with van der Waals surface area (Å²) in [6, 6.07) is 7.39. The number of nitrogens with zero attached hydrogens (tertiary/aromatic N) is 3. The summed E-state index contributed by atoms with van der Waals surface area (Å²) in [5.41, 5.74) is 1.77. The Hall–Kier alpha value is -1.92. The van der Waals surface area contributed by atoms with Crippen LogP contribution in [0.2, 0.25) is 5.15 Å². The van der Waals surface area contributed by atoms with Gasteiger partial charge in [-0.25, -0.2) is 9.37 Å². The summed E-state index contributed by atoms with van der Waals surface area (Å²) in [4.78, 5) is 5.30. The van der Waals surface area contributed by atoms with Crippen LogP contribution >= 0.6 is 11.6 Å². The van der Waals surface area contributed by atoms with Crippen LogP contribution in [0.5, 0.6) is 0 Å². The topological polar surface area (TPSA) is 48.7 Å². The van der Waals surface area contributed by atoms with Gasteiger partial charge in [0.1, 0.15) is 11.0 Å². The lowest BCUT2D eigenvalue weighted by atomic mass is 9.70. The van der Waals surface area contributed by atoms with Gasteiger partial charge in [-0.2, -0.15) is 5.10 Å². The van der Waals surface area contributed by atoms with Gasteiger partial charge < -0.3 is 5.02 Å². The van der Waals surface area contributed by atoms with E-state index in [0.29, 0.717) is 16.7 Å². The molecule has 0 bridgehead atoms. The van der Waals surface area contributed by atoms with Crippen LogP contribution in [0.15, 0.2) is 41.6 Å². The van der Waals surface area contributed by atoms with Crippen molar-refractivity contribution < 1.29 is 9.41 Å². The molecule has 0 spiro atoms. The van der Waals surface area contributed by atoms with E-state index in [1.807, 2.05) is 0 Å². The van der Waals surface area contributed by atoms with E-state index in [1.54, 1.807) is 18.5 Å². The number of anilines is 1. The molecule has 1 aliphatic heterocycles. The van der Waals surface area contributed by atoms with Gasteiger partial charge in [0, 0.05) is 17.3 Å². The maximum atomic E-state index is 12.9. The molecule has 0 radical (unpaired) electrons. The summed E-state index contributed by atoms with van der Waals surface area (Å²) < 4.78 is 12.9. The van der Waals surface area contributed by atoms with Gasteiger partial charge in [0.2, 0.25) is 0 Å². The first kappa shape index (κ1) is 12.1. The highest BCUT2D eigenvalue weighted by Gasteiger charge is 2.32. The Kier molecular flexibility index (Phi) is 2.96. The summed E-state index contributed by atoms with van der Waals surface area (Å²) >= 11 is 6.00. The minimum Gasteiger partial charge on any atom is -0.427 e. The molecular weight excluding hydrogens is 267 g/mol. The minimum atomic E-state index is -1.05. The van der Waals surface area contributed by atoms with Gasteiger partial charge in [-0.3, -0.25) is 4.92 Å². The largest absolute Gasteiger partial charge is 0.474 e. The van der Waals surface area contributed by atoms with Crippen LogP contribution in [0.4, 0.5) is 10.1 Å². The number of fused-ring (bicyclic) bond motifs is 1. The molecule has 7 heteroatoms. The van der Waals surface area contributed by atoms with Gasteiger partial charge in [0.05, 0.1) is 6.21 Å². The van der Waals surface area contributed by atoms with E-state index in [9.17, 15) is 9.41 Å². The molecule has 94 valence electrons. The number of aromatic nitrogens is 1. The molecule has 1 aliphatic rings. The molecule has 0 fully saturated rings. The summed E-state index contributed by atoms with van der Waals surface area (Å²) in [5, 5.41) is 14.7. The number of hydrazone groups is 1. The first-order chi connectivity index (χ1) is 9.16. The molecule has 1 N–H and O–H groups in total. The van der Waals surface area contributed by atoms with Gasteiger partial charge in [0.25, 0.3) is 0 Å². The van der Waals surface area contributed by atoms with Crippen molar-refractivity contribution in [3.8, 4) is 0 Å². The smallest absolute Gasteiger partial charge is 0.427 e. The highest BCUT2D eigenvalue weighted by atomic mass is 35.5. The average molecular weight is 275 g/mol. The third kappa shape index (κ3) is 2.09. The number of hydrogen-bond donors (Lipinski definition) is 1. The molecule has 1 aromatic carbocycles. The van der Waals surface area contributed by atoms with Crippen LogP contribution in [0, 0.1) is 5.82 Å². The second kappa shape index (κ2) is 4.64. The second-order valence-corrected chi connectivity index (χ2v) is 4.40. The van der Waals surface area contributed by atoms with E-state index in [1.165, 1.54) is 29.2 Å². The van der Waals surface area contributed by atoms with Crippen LogP contribution < -0.4 is 10.4 Å². The molecule has 3 rings (SSSR count). The molecule has 19 heavy (non-hydrogen) atoms. The lowest BCUT2D eigenvalue weighted by Gasteiger charge is -2.26. The first-order valence-corrected chi connectivity index (χ1v) is 5.96. The van der Waals surface area contributed by atoms with E-state index < -0.39 is 7.05 Å². The highest BCUT2D eigenvalue weighted by Crippen LogP contribution is 2.20. The summed E-state index contributed by atoms with van der Waals surface area (Å²) in [5.74, 6) is -0.348. The number of benzene rings is 1. The summed E-state index contributed by atoms with van der Waals surface area (Å²) in [6.45, 7) is 0. The van der Waals surface area contributed by atoms with Crippen molar-refractivity contribution in [2.75, 3.05) is 4.92 Å². The number of halogens is 2. The Morgan fingerprint density at radius 3 is 2.68 bits per heavy atom. The van der Waals surface area contributed by atoms with Gasteiger partial charge in [0.15, 0.2) is 0 Å². The van der Waals surface area contributed by atoms with E-state index in [2.05, 4.69) is 10.1 Å². The third-order valence-corrected chi connectivity index (χ3v) is 3.18. The molecule has 4 nitrogen and oxygen atoms in total. The van der Waals surface area contributed by atoms with Crippen molar-refractivity contribution >= 4 is 36.0 Å². The molecule has 0 saturated heterocycles. The van der Waals surface area contributed by atoms with Crippen molar-refractivity contribution in [3.05, 3.63) is 53.1 Å². The maximum absolute atomic E-state index is 12.9. The number of hydrogen-bond acceptors (Lipinski definition) is 4. The minimum absolute atomic E-state index is 0.225. The predicted molar refractivity (Wildman–Crippen MR) is 73.3 cm³/mol. The molecule has 1 aromatic heterocycles. The Bertz CT molecular complexity index is 650. The van der Waals surface area contributed by atoms with Crippen LogP contribution in [-0.2, 0) is 0 Å². The Morgan fingerprint density at radius 2 is 1.95 bits per heavy atom. The van der Waals surface area contributed by atoms with E-state index >= 15 is 0 Å². The van der Waals surface area contributed by atoms with Gasteiger partial charge >= 0.3 is 7.05 Å². The van der Waals surface area contributed by atoms with Gasteiger partial charge in [-0.15, -0.1) is 0 Å². The Labute approximate surface area is 114 Å². The number of pyridine rings is 1. The van der Waals surface area contributed by atoms with Gasteiger partial charge in [-0.05, 0) is 35.9 Å². The SMILES string of the molecule is OB1c2c(ccnc2Cl)C=NN1c1ccc(F)cc1. The Balaban J connectivity index is 2.04. The number of rotatable bonds is 1. The standard InChI is InChI=1S/C12H8BClFN3O/c14-12-11-8(5-6-16-12)7-17-18(13(11)19)10-3-1-9(15)2-4-10/h1-7,19H. The van der Waals surface area contributed by atoms with Crippen LogP contribution in [-0.4, -0.2) is 23.3 Å². The van der Waals surface area contributed by atoms with Crippen molar-refractivity contribution in [1.29, 1.82) is 0 Å². The van der Waals surface area contributed by atoms with Crippen LogP contribution in [0.3, 0.4) is 0 Å². The monoisotopic (exact) mass is 275 g/mol. The third-order valence-electron chi connectivity index (χ3n) is 2.88. The molecule has 0 saturated carbocycles. The van der Waals surface area contributed by atoms with Crippen molar-refractivity contribution in [2.24, 2.45) is 5.10 Å². The summed E-state index contributed by atoms with van der Waals surface area (Å²) in [6.07, 6.45) is 3.13. The van der Waals surface area contributed by atoms with E-state index in [0.717, 1.165) is 0 Å². The Morgan fingerprint density at radius 1 is 1.21 bits per heavy atom. The van der Waals surface area contributed by atoms with Gasteiger partial charge in [-0.1, -0.05) is 11.6 Å². The first-order valence-electron chi connectivity index (χ1n) is 5.58. The predicted octanol–water partition coefficient (Wildman–Crippen LogP) is 1.42. The zero-order valence-electron chi connectivity index (χ0n) is 9.66. The fourth-order valence-corrected chi connectivity index (χ4v) is 2.20. The lowest BCUT2D eigenvalue weighted by molar-refractivity contribution is 0.577. The quantitative estimate of drug-likeness (QED) is 0.632.